The topological polar surface area (TPSA) is 32.9 Å². The summed E-state index contributed by atoms with van der Waals surface area (Å²) in [6.07, 6.45) is 2.87. The molecule has 0 fully saturated rings. The molecule has 2 nitrogen and oxygen atoms in total. The molecular weight excluding hydrogens is 162 g/mol. The minimum Gasteiger partial charge on any atom is -0.361 e. The number of aromatic nitrogens is 1. The summed E-state index contributed by atoms with van der Waals surface area (Å²) in [4.78, 5) is 13.7. The lowest BCUT2D eigenvalue weighted by Gasteiger charge is -2.02. The molecular formula is C11H11NO. The minimum atomic E-state index is -0.0145. The zero-order valence-corrected chi connectivity index (χ0v) is 7.45. The standard InChI is InChI=1S/C11H11NO/c1-8(7-13)9-2-3-11-10(6-9)4-5-12-11/h2-8,12H,1H3. The molecule has 1 heterocycles. The van der Waals surface area contributed by atoms with E-state index in [-0.39, 0.29) is 5.92 Å². The van der Waals surface area contributed by atoms with Gasteiger partial charge in [-0.2, -0.15) is 0 Å². The van der Waals surface area contributed by atoms with Gasteiger partial charge in [0.05, 0.1) is 0 Å². The number of hydrogen-bond acceptors (Lipinski definition) is 1. The van der Waals surface area contributed by atoms with Crippen molar-refractivity contribution in [2.75, 3.05) is 0 Å². The van der Waals surface area contributed by atoms with Gasteiger partial charge in [0.1, 0.15) is 6.29 Å². The molecule has 2 heteroatoms. The van der Waals surface area contributed by atoms with Crippen LogP contribution in [0.1, 0.15) is 18.4 Å². The second-order valence-corrected chi connectivity index (χ2v) is 3.25. The van der Waals surface area contributed by atoms with E-state index in [2.05, 4.69) is 4.98 Å². The van der Waals surface area contributed by atoms with Gasteiger partial charge in [-0.3, -0.25) is 0 Å². The number of fused-ring (bicyclic) bond motifs is 1. The van der Waals surface area contributed by atoms with Crippen LogP contribution in [0.5, 0.6) is 0 Å². The van der Waals surface area contributed by atoms with Crippen molar-refractivity contribution in [3.8, 4) is 0 Å². The molecule has 13 heavy (non-hydrogen) atoms. The Morgan fingerprint density at radius 2 is 2.23 bits per heavy atom. The monoisotopic (exact) mass is 173 g/mol. The number of aldehydes is 1. The number of rotatable bonds is 2. The molecule has 2 aromatic rings. The maximum absolute atomic E-state index is 10.6. The van der Waals surface area contributed by atoms with Gasteiger partial charge in [-0.25, -0.2) is 0 Å². The zero-order chi connectivity index (χ0) is 9.26. The van der Waals surface area contributed by atoms with E-state index in [9.17, 15) is 4.79 Å². The SMILES string of the molecule is CC(C=O)c1ccc2[nH]ccc2c1. The molecule has 0 aliphatic carbocycles. The molecule has 1 aromatic heterocycles. The lowest BCUT2D eigenvalue weighted by Crippen LogP contribution is -1.93. The summed E-state index contributed by atoms with van der Waals surface area (Å²) in [5.41, 5.74) is 2.18. The second kappa shape index (κ2) is 3.05. The van der Waals surface area contributed by atoms with Gasteiger partial charge in [-0.15, -0.1) is 0 Å². The molecule has 0 spiro atoms. The Labute approximate surface area is 76.6 Å². The summed E-state index contributed by atoms with van der Waals surface area (Å²) in [6, 6.07) is 8.05. The van der Waals surface area contributed by atoms with Crippen LogP contribution in [0.2, 0.25) is 0 Å². The molecule has 0 saturated carbocycles. The number of benzene rings is 1. The highest BCUT2D eigenvalue weighted by atomic mass is 16.1. The van der Waals surface area contributed by atoms with E-state index in [4.69, 9.17) is 0 Å². The molecule has 0 aliphatic heterocycles. The summed E-state index contributed by atoms with van der Waals surface area (Å²) >= 11 is 0. The van der Waals surface area contributed by atoms with E-state index in [0.717, 1.165) is 22.8 Å². The number of aromatic amines is 1. The average molecular weight is 173 g/mol. The highest BCUT2D eigenvalue weighted by molar-refractivity contribution is 5.81. The predicted molar refractivity (Wildman–Crippen MR) is 52.8 cm³/mol. The Bertz CT molecular complexity index is 430. The van der Waals surface area contributed by atoms with Gasteiger partial charge in [0.15, 0.2) is 0 Å². The van der Waals surface area contributed by atoms with Gasteiger partial charge in [0.2, 0.25) is 0 Å². The molecule has 0 aliphatic rings. The van der Waals surface area contributed by atoms with E-state index >= 15 is 0 Å². The van der Waals surface area contributed by atoms with Crippen molar-refractivity contribution >= 4 is 17.2 Å². The third kappa shape index (κ3) is 1.35. The van der Waals surface area contributed by atoms with Gasteiger partial charge >= 0.3 is 0 Å². The minimum absolute atomic E-state index is 0.0145. The number of hydrogen-bond donors (Lipinski definition) is 1. The summed E-state index contributed by atoms with van der Waals surface area (Å²) in [6.45, 7) is 1.90. The highest BCUT2D eigenvalue weighted by Gasteiger charge is 2.04. The highest BCUT2D eigenvalue weighted by Crippen LogP contribution is 2.19. The third-order valence-corrected chi connectivity index (χ3v) is 2.31. The van der Waals surface area contributed by atoms with Gasteiger partial charge in [-0.1, -0.05) is 13.0 Å². The summed E-state index contributed by atoms with van der Waals surface area (Å²) < 4.78 is 0. The van der Waals surface area contributed by atoms with Crippen LogP contribution in [0.25, 0.3) is 10.9 Å². The van der Waals surface area contributed by atoms with Crippen molar-refractivity contribution in [1.29, 1.82) is 0 Å². The second-order valence-electron chi connectivity index (χ2n) is 3.25. The first-order valence-electron chi connectivity index (χ1n) is 4.33. The first-order chi connectivity index (χ1) is 6.31. The number of H-pyrrole nitrogens is 1. The first-order valence-corrected chi connectivity index (χ1v) is 4.33. The normalized spacial score (nSPS) is 13.0. The Kier molecular flexibility index (Phi) is 1.89. The Morgan fingerprint density at radius 1 is 1.38 bits per heavy atom. The van der Waals surface area contributed by atoms with Gasteiger partial charge < -0.3 is 9.78 Å². The van der Waals surface area contributed by atoms with Crippen molar-refractivity contribution in [3.05, 3.63) is 36.0 Å². The van der Waals surface area contributed by atoms with E-state index in [1.165, 1.54) is 0 Å². The number of carbonyl (C=O) groups is 1. The van der Waals surface area contributed by atoms with Crippen molar-refractivity contribution in [2.24, 2.45) is 0 Å². The van der Waals surface area contributed by atoms with Crippen LogP contribution in [0, 0.1) is 0 Å². The Hall–Kier alpha value is -1.57. The largest absolute Gasteiger partial charge is 0.361 e. The van der Waals surface area contributed by atoms with Crippen LogP contribution in [0.4, 0.5) is 0 Å². The molecule has 0 amide bonds. The van der Waals surface area contributed by atoms with Gasteiger partial charge in [0.25, 0.3) is 0 Å². The van der Waals surface area contributed by atoms with E-state index in [1.54, 1.807) is 0 Å². The van der Waals surface area contributed by atoms with E-state index in [1.807, 2.05) is 37.4 Å². The van der Waals surface area contributed by atoms with Crippen molar-refractivity contribution in [1.82, 2.24) is 4.98 Å². The summed E-state index contributed by atoms with van der Waals surface area (Å²) in [5.74, 6) is -0.0145. The molecule has 2 rings (SSSR count). The van der Waals surface area contributed by atoms with Crippen LogP contribution in [0.15, 0.2) is 30.5 Å². The van der Waals surface area contributed by atoms with Crippen molar-refractivity contribution < 1.29 is 4.79 Å². The molecule has 1 unspecified atom stereocenters. The molecule has 0 bridgehead atoms. The zero-order valence-electron chi connectivity index (χ0n) is 7.45. The maximum atomic E-state index is 10.6. The first kappa shape index (κ1) is 8.05. The lowest BCUT2D eigenvalue weighted by atomic mass is 10.0. The molecule has 1 N–H and O–H groups in total. The maximum Gasteiger partial charge on any atom is 0.127 e. The van der Waals surface area contributed by atoms with Crippen LogP contribution < -0.4 is 0 Å². The fourth-order valence-corrected chi connectivity index (χ4v) is 1.43. The number of nitrogens with one attached hydrogen (secondary N) is 1. The molecule has 1 atom stereocenters. The molecule has 0 radical (unpaired) electrons. The molecule has 1 aromatic carbocycles. The fourth-order valence-electron chi connectivity index (χ4n) is 1.43. The lowest BCUT2D eigenvalue weighted by molar-refractivity contribution is -0.108. The van der Waals surface area contributed by atoms with Crippen molar-refractivity contribution in [3.63, 3.8) is 0 Å². The smallest absolute Gasteiger partial charge is 0.127 e. The number of carbonyl (C=O) groups excluding carboxylic acids is 1. The van der Waals surface area contributed by atoms with Gasteiger partial charge in [0, 0.05) is 17.6 Å². The average Bonchev–Trinajstić information content (AvgIpc) is 2.63. The Morgan fingerprint density at radius 3 is 3.00 bits per heavy atom. The van der Waals surface area contributed by atoms with Crippen molar-refractivity contribution in [2.45, 2.75) is 12.8 Å². The van der Waals surface area contributed by atoms with Gasteiger partial charge in [-0.05, 0) is 29.1 Å². The Balaban J connectivity index is 2.53. The third-order valence-electron chi connectivity index (χ3n) is 2.31. The van der Waals surface area contributed by atoms with Crippen LogP contribution in [-0.2, 0) is 4.79 Å². The van der Waals surface area contributed by atoms with Crippen LogP contribution >= 0.6 is 0 Å². The predicted octanol–water partition coefficient (Wildman–Crippen LogP) is 2.47. The molecule has 66 valence electrons. The van der Waals surface area contributed by atoms with E-state index < -0.39 is 0 Å². The summed E-state index contributed by atoms with van der Waals surface area (Å²) in [5, 5.41) is 1.16. The van der Waals surface area contributed by atoms with E-state index in [0.29, 0.717) is 0 Å². The fraction of sp³-hybridized carbons (Fsp3) is 0.182. The van der Waals surface area contributed by atoms with Crippen LogP contribution in [0.3, 0.4) is 0 Å². The quantitative estimate of drug-likeness (QED) is 0.695. The molecule has 0 saturated heterocycles. The van der Waals surface area contributed by atoms with Crippen LogP contribution in [-0.4, -0.2) is 11.3 Å². The summed E-state index contributed by atoms with van der Waals surface area (Å²) in [7, 11) is 0.